The number of aromatic nitrogens is 3. The molecule has 1 unspecified atom stereocenters. The minimum atomic E-state index is 0.275. The molecule has 0 saturated carbocycles. The summed E-state index contributed by atoms with van der Waals surface area (Å²) >= 11 is 0. The van der Waals surface area contributed by atoms with Crippen LogP contribution in [0.4, 0.5) is 0 Å². The quantitative estimate of drug-likeness (QED) is 0.527. The molecule has 82 valence electrons. The normalized spacial score (nSPS) is 12.3. The monoisotopic (exact) mass is 206 g/mol. The number of aromatic amines is 1. The topological polar surface area (TPSA) is 53.6 Å². The molecule has 0 aromatic carbocycles. The second kappa shape index (κ2) is 7.02. The Balaban J connectivity index is 2.43. The van der Waals surface area contributed by atoms with Crippen molar-refractivity contribution in [3.05, 3.63) is 11.9 Å². The van der Waals surface area contributed by atoms with Crippen molar-refractivity contribution >= 4 is 0 Å². The summed E-state index contributed by atoms with van der Waals surface area (Å²) in [5.41, 5.74) is 0.973. The molecular formula is C11H18N4. The molecule has 1 aromatic heterocycles. The Morgan fingerprint density at radius 2 is 2.53 bits per heavy atom. The molecule has 4 heteroatoms. The van der Waals surface area contributed by atoms with Crippen molar-refractivity contribution in [3.63, 3.8) is 0 Å². The minimum Gasteiger partial charge on any atom is -0.309 e. The standard InChI is InChI=1S/C11H18N4/c1-3-5-6-7-10(12-8-4-2)11-9-13-15-14-11/h1,9-10,12H,4-8H2,2H3,(H,13,14,15). The second-order valence-electron chi connectivity index (χ2n) is 3.50. The average Bonchev–Trinajstić information content (AvgIpc) is 2.76. The van der Waals surface area contributed by atoms with Crippen LogP contribution in [0.3, 0.4) is 0 Å². The number of nitrogens with one attached hydrogen (secondary N) is 2. The average molecular weight is 206 g/mol. The van der Waals surface area contributed by atoms with E-state index < -0.39 is 0 Å². The molecule has 0 amide bonds. The van der Waals surface area contributed by atoms with Crippen LogP contribution in [0.15, 0.2) is 6.20 Å². The van der Waals surface area contributed by atoms with Crippen LogP contribution in [-0.2, 0) is 0 Å². The third-order valence-electron chi connectivity index (χ3n) is 2.25. The van der Waals surface area contributed by atoms with E-state index in [4.69, 9.17) is 6.42 Å². The smallest absolute Gasteiger partial charge is 0.0993 e. The molecule has 1 atom stereocenters. The van der Waals surface area contributed by atoms with E-state index in [2.05, 4.69) is 33.6 Å². The van der Waals surface area contributed by atoms with E-state index in [9.17, 15) is 0 Å². The highest BCUT2D eigenvalue weighted by molar-refractivity contribution is 4.99. The van der Waals surface area contributed by atoms with E-state index in [1.54, 1.807) is 6.20 Å². The molecule has 15 heavy (non-hydrogen) atoms. The maximum Gasteiger partial charge on any atom is 0.0993 e. The number of nitrogens with zero attached hydrogens (tertiary/aromatic N) is 2. The highest BCUT2D eigenvalue weighted by Crippen LogP contribution is 2.15. The van der Waals surface area contributed by atoms with E-state index in [0.717, 1.165) is 37.9 Å². The van der Waals surface area contributed by atoms with Crippen LogP contribution in [0.25, 0.3) is 0 Å². The predicted molar refractivity (Wildman–Crippen MR) is 60.1 cm³/mol. The third-order valence-corrected chi connectivity index (χ3v) is 2.25. The first-order valence-electron chi connectivity index (χ1n) is 5.41. The molecule has 1 aromatic rings. The molecule has 0 aliphatic carbocycles. The molecular weight excluding hydrogens is 188 g/mol. The van der Waals surface area contributed by atoms with Gasteiger partial charge in [0.05, 0.1) is 17.9 Å². The molecule has 0 aliphatic heterocycles. The Morgan fingerprint density at radius 1 is 1.67 bits per heavy atom. The van der Waals surface area contributed by atoms with Gasteiger partial charge in [0.25, 0.3) is 0 Å². The van der Waals surface area contributed by atoms with Crippen molar-refractivity contribution in [1.82, 2.24) is 20.7 Å². The fraction of sp³-hybridized carbons (Fsp3) is 0.636. The summed E-state index contributed by atoms with van der Waals surface area (Å²) in [6.45, 7) is 3.14. The van der Waals surface area contributed by atoms with E-state index in [0.29, 0.717) is 0 Å². The van der Waals surface area contributed by atoms with Crippen LogP contribution in [0.1, 0.15) is 44.3 Å². The summed E-state index contributed by atoms with van der Waals surface area (Å²) in [6, 6.07) is 0.275. The van der Waals surface area contributed by atoms with Gasteiger partial charge in [0.1, 0.15) is 0 Å². The lowest BCUT2D eigenvalue weighted by Crippen LogP contribution is -2.22. The van der Waals surface area contributed by atoms with Crippen LogP contribution < -0.4 is 5.32 Å². The molecule has 0 saturated heterocycles. The van der Waals surface area contributed by atoms with Gasteiger partial charge in [-0.15, -0.1) is 12.3 Å². The van der Waals surface area contributed by atoms with Gasteiger partial charge in [-0.1, -0.05) is 6.92 Å². The highest BCUT2D eigenvalue weighted by atomic mass is 15.3. The van der Waals surface area contributed by atoms with Crippen LogP contribution in [0.5, 0.6) is 0 Å². The van der Waals surface area contributed by atoms with Gasteiger partial charge >= 0.3 is 0 Å². The zero-order chi connectivity index (χ0) is 10.9. The Labute approximate surface area is 90.9 Å². The molecule has 1 heterocycles. The largest absolute Gasteiger partial charge is 0.309 e. The molecule has 4 nitrogen and oxygen atoms in total. The number of terminal acetylenes is 1. The van der Waals surface area contributed by atoms with Crippen LogP contribution in [0.2, 0.25) is 0 Å². The van der Waals surface area contributed by atoms with Gasteiger partial charge in [-0.2, -0.15) is 15.4 Å². The van der Waals surface area contributed by atoms with Crippen LogP contribution >= 0.6 is 0 Å². The number of hydrogen-bond donors (Lipinski definition) is 2. The van der Waals surface area contributed by atoms with E-state index in [1.165, 1.54) is 0 Å². The van der Waals surface area contributed by atoms with Gasteiger partial charge in [-0.3, -0.25) is 0 Å². The van der Waals surface area contributed by atoms with E-state index >= 15 is 0 Å². The number of hydrogen-bond acceptors (Lipinski definition) is 3. The lowest BCUT2D eigenvalue weighted by Gasteiger charge is -2.14. The van der Waals surface area contributed by atoms with Crippen molar-refractivity contribution in [3.8, 4) is 12.3 Å². The Kier molecular flexibility index (Phi) is 5.49. The maximum atomic E-state index is 5.23. The molecule has 0 aliphatic rings. The summed E-state index contributed by atoms with van der Waals surface area (Å²) in [5.74, 6) is 2.65. The van der Waals surface area contributed by atoms with E-state index in [-0.39, 0.29) is 6.04 Å². The Hall–Kier alpha value is -1.34. The highest BCUT2D eigenvalue weighted by Gasteiger charge is 2.12. The molecule has 0 radical (unpaired) electrons. The Morgan fingerprint density at radius 3 is 3.13 bits per heavy atom. The number of unbranched alkanes of at least 4 members (excludes halogenated alkanes) is 1. The van der Waals surface area contributed by atoms with Gasteiger partial charge in [0.2, 0.25) is 0 Å². The fourth-order valence-corrected chi connectivity index (χ4v) is 1.46. The van der Waals surface area contributed by atoms with Gasteiger partial charge in [0.15, 0.2) is 0 Å². The van der Waals surface area contributed by atoms with Crippen molar-refractivity contribution in [2.75, 3.05) is 6.54 Å². The first-order valence-corrected chi connectivity index (χ1v) is 5.41. The zero-order valence-electron chi connectivity index (χ0n) is 9.16. The first-order chi connectivity index (χ1) is 7.38. The summed E-state index contributed by atoms with van der Waals surface area (Å²) in [7, 11) is 0. The van der Waals surface area contributed by atoms with Gasteiger partial charge in [-0.05, 0) is 25.8 Å². The third kappa shape index (κ3) is 4.13. The van der Waals surface area contributed by atoms with Crippen molar-refractivity contribution in [2.45, 2.75) is 38.6 Å². The van der Waals surface area contributed by atoms with Crippen molar-refractivity contribution in [2.24, 2.45) is 0 Å². The SMILES string of the molecule is C#CCCCC(NCCC)c1cn[nH]n1. The zero-order valence-corrected chi connectivity index (χ0v) is 9.16. The predicted octanol–water partition coefficient (Wildman–Crippen LogP) is 1.65. The first kappa shape index (κ1) is 11.7. The van der Waals surface area contributed by atoms with Gasteiger partial charge in [0, 0.05) is 6.42 Å². The maximum absolute atomic E-state index is 5.23. The summed E-state index contributed by atoms with van der Waals surface area (Å²) in [5, 5.41) is 14.0. The van der Waals surface area contributed by atoms with Gasteiger partial charge in [-0.25, -0.2) is 0 Å². The van der Waals surface area contributed by atoms with Crippen molar-refractivity contribution < 1.29 is 0 Å². The lowest BCUT2D eigenvalue weighted by molar-refractivity contribution is 0.477. The van der Waals surface area contributed by atoms with Crippen molar-refractivity contribution in [1.29, 1.82) is 0 Å². The van der Waals surface area contributed by atoms with Crippen LogP contribution in [0, 0.1) is 12.3 Å². The molecule has 0 bridgehead atoms. The summed E-state index contributed by atoms with van der Waals surface area (Å²) in [6.07, 6.45) is 11.0. The van der Waals surface area contributed by atoms with Gasteiger partial charge < -0.3 is 5.32 Å². The lowest BCUT2D eigenvalue weighted by atomic mass is 10.1. The second-order valence-corrected chi connectivity index (χ2v) is 3.50. The Bertz CT molecular complexity index is 286. The molecule has 1 rings (SSSR count). The number of rotatable bonds is 7. The molecule has 2 N–H and O–H groups in total. The molecule has 0 spiro atoms. The number of H-pyrrole nitrogens is 1. The summed E-state index contributed by atoms with van der Waals surface area (Å²) in [4.78, 5) is 0. The molecule has 0 fully saturated rings. The van der Waals surface area contributed by atoms with E-state index in [1.807, 2.05) is 0 Å². The minimum absolute atomic E-state index is 0.275. The summed E-state index contributed by atoms with van der Waals surface area (Å²) < 4.78 is 0. The fourth-order valence-electron chi connectivity index (χ4n) is 1.46. The van der Waals surface area contributed by atoms with Crippen LogP contribution in [-0.4, -0.2) is 22.0 Å².